The number of nitrogens with zero attached hydrogens (tertiary/aromatic N) is 2. The molecule has 0 bridgehead atoms. The molecule has 1 atom stereocenters. The SMILES string of the molecule is CC(C)c1ccc(CC(NN)c2cncn2C)cc1. The minimum atomic E-state index is 0.0809. The number of nitrogens with two attached hydrogens (primary N) is 1. The highest BCUT2D eigenvalue weighted by molar-refractivity contribution is 5.26. The lowest BCUT2D eigenvalue weighted by Gasteiger charge is -2.17. The van der Waals surface area contributed by atoms with Gasteiger partial charge < -0.3 is 4.57 Å². The summed E-state index contributed by atoms with van der Waals surface area (Å²) in [6.45, 7) is 4.41. The highest BCUT2D eigenvalue weighted by Crippen LogP contribution is 2.19. The Morgan fingerprint density at radius 1 is 1.26 bits per heavy atom. The van der Waals surface area contributed by atoms with Crippen LogP contribution in [-0.2, 0) is 13.5 Å². The molecule has 19 heavy (non-hydrogen) atoms. The molecule has 3 N–H and O–H groups in total. The fourth-order valence-corrected chi connectivity index (χ4v) is 2.23. The van der Waals surface area contributed by atoms with Crippen molar-refractivity contribution in [3.63, 3.8) is 0 Å². The maximum Gasteiger partial charge on any atom is 0.0946 e. The molecule has 0 radical (unpaired) electrons. The van der Waals surface area contributed by atoms with Gasteiger partial charge in [-0.05, 0) is 23.5 Å². The molecule has 1 heterocycles. The van der Waals surface area contributed by atoms with Crippen LogP contribution in [0.2, 0.25) is 0 Å². The number of aryl methyl sites for hydroxylation is 1. The van der Waals surface area contributed by atoms with Crippen molar-refractivity contribution >= 4 is 0 Å². The second-order valence-corrected chi connectivity index (χ2v) is 5.25. The normalized spacial score (nSPS) is 12.9. The lowest BCUT2D eigenvalue weighted by Crippen LogP contribution is -2.30. The summed E-state index contributed by atoms with van der Waals surface area (Å²) in [4.78, 5) is 4.14. The molecule has 2 aromatic rings. The Bertz CT molecular complexity index is 513. The summed E-state index contributed by atoms with van der Waals surface area (Å²) in [7, 11) is 1.98. The monoisotopic (exact) mass is 258 g/mol. The van der Waals surface area contributed by atoms with Gasteiger partial charge in [-0.2, -0.15) is 0 Å². The van der Waals surface area contributed by atoms with Crippen molar-refractivity contribution in [3.8, 4) is 0 Å². The molecule has 1 unspecified atom stereocenters. The zero-order valence-electron chi connectivity index (χ0n) is 11.8. The summed E-state index contributed by atoms with van der Waals surface area (Å²) in [6, 6.07) is 8.82. The van der Waals surface area contributed by atoms with E-state index >= 15 is 0 Å². The van der Waals surface area contributed by atoms with Crippen molar-refractivity contribution in [2.24, 2.45) is 12.9 Å². The van der Waals surface area contributed by atoms with Gasteiger partial charge in [-0.3, -0.25) is 11.3 Å². The fourth-order valence-electron chi connectivity index (χ4n) is 2.23. The third kappa shape index (κ3) is 3.22. The quantitative estimate of drug-likeness (QED) is 0.639. The van der Waals surface area contributed by atoms with Gasteiger partial charge >= 0.3 is 0 Å². The van der Waals surface area contributed by atoms with Gasteiger partial charge in [-0.25, -0.2) is 4.98 Å². The lowest BCUT2D eigenvalue weighted by atomic mass is 9.98. The molecule has 0 fully saturated rings. The Hall–Kier alpha value is -1.65. The van der Waals surface area contributed by atoms with Gasteiger partial charge in [0.25, 0.3) is 0 Å². The first-order valence-corrected chi connectivity index (χ1v) is 6.63. The van der Waals surface area contributed by atoms with Crippen LogP contribution in [0.15, 0.2) is 36.8 Å². The van der Waals surface area contributed by atoms with E-state index in [4.69, 9.17) is 5.84 Å². The summed E-state index contributed by atoms with van der Waals surface area (Å²) in [5.41, 5.74) is 6.60. The van der Waals surface area contributed by atoms with Crippen LogP contribution in [0, 0.1) is 0 Å². The van der Waals surface area contributed by atoms with E-state index in [2.05, 4.69) is 48.5 Å². The van der Waals surface area contributed by atoms with E-state index in [1.54, 1.807) is 6.33 Å². The van der Waals surface area contributed by atoms with Crippen molar-refractivity contribution in [2.45, 2.75) is 32.2 Å². The molecule has 102 valence electrons. The molecule has 0 aliphatic rings. The molecule has 0 saturated heterocycles. The van der Waals surface area contributed by atoms with E-state index in [9.17, 15) is 0 Å². The van der Waals surface area contributed by atoms with Gasteiger partial charge in [0, 0.05) is 13.2 Å². The second-order valence-electron chi connectivity index (χ2n) is 5.25. The number of hydrogen-bond acceptors (Lipinski definition) is 3. The molecule has 0 aliphatic carbocycles. The Balaban J connectivity index is 2.13. The van der Waals surface area contributed by atoms with Crippen LogP contribution in [0.3, 0.4) is 0 Å². The lowest BCUT2D eigenvalue weighted by molar-refractivity contribution is 0.521. The first kappa shape index (κ1) is 13.8. The van der Waals surface area contributed by atoms with Gasteiger partial charge in [0.2, 0.25) is 0 Å². The van der Waals surface area contributed by atoms with Crippen molar-refractivity contribution < 1.29 is 0 Å². The Kier molecular flexibility index (Phi) is 4.35. The predicted octanol–water partition coefficient (Wildman–Crippen LogP) is 2.29. The van der Waals surface area contributed by atoms with Crippen molar-refractivity contribution in [1.29, 1.82) is 0 Å². The first-order chi connectivity index (χ1) is 9.11. The van der Waals surface area contributed by atoms with Crippen LogP contribution >= 0.6 is 0 Å². The highest BCUT2D eigenvalue weighted by atomic mass is 15.2. The third-order valence-electron chi connectivity index (χ3n) is 3.50. The maximum absolute atomic E-state index is 5.67. The van der Waals surface area contributed by atoms with E-state index in [0.717, 1.165) is 12.1 Å². The smallest absolute Gasteiger partial charge is 0.0946 e. The number of benzene rings is 1. The van der Waals surface area contributed by atoms with E-state index in [0.29, 0.717) is 5.92 Å². The van der Waals surface area contributed by atoms with Crippen molar-refractivity contribution in [2.75, 3.05) is 0 Å². The molecule has 1 aromatic heterocycles. The molecule has 0 spiro atoms. The average molecular weight is 258 g/mol. The van der Waals surface area contributed by atoms with Gasteiger partial charge in [-0.15, -0.1) is 0 Å². The molecule has 0 saturated carbocycles. The molecule has 2 rings (SSSR count). The Morgan fingerprint density at radius 2 is 1.95 bits per heavy atom. The summed E-state index contributed by atoms with van der Waals surface area (Å²) in [5, 5.41) is 0. The number of nitrogens with one attached hydrogen (secondary N) is 1. The summed E-state index contributed by atoms with van der Waals surface area (Å²) in [5.74, 6) is 6.23. The van der Waals surface area contributed by atoms with Gasteiger partial charge in [0.05, 0.1) is 18.1 Å². The molecule has 0 aliphatic heterocycles. The van der Waals surface area contributed by atoms with Crippen LogP contribution < -0.4 is 11.3 Å². The zero-order valence-corrected chi connectivity index (χ0v) is 11.8. The van der Waals surface area contributed by atoms with Crippen LogP contribution in [0.1, 0.15) is 42.6 Å². The zero-order chi connectivity index (χ0) is 13.8. The Morgan fingerprint density at radius 3 is 2.42 bits per heavy atom. The molecular weight excluding hydrogens is 236 g/mol. The molecular formula is C15H22N4. The van der Waals surface area contributed by atoms with Crippen LogP contribution in [0.25, 0.3) is 0 Å². The minimum Gasteiger partial charge on any atom is -0.336 e. The second kappa shape index (κ2) is 5.99. The average Bonchev–Trinajstić information content (AvgIpc) is 2.83. The fraction of sp³-hybridized carbons (Fsp3) is 0.400. The number of hydrazine groups is 1. The van der Waals surface area contributed by atoms with Crippen LogP contribution in [0.5, 0.6) is 0 Å². The van der Waals surface area contributed by atoms with Crippen LogP contribution in [0.4, 0.5) is 0 Å². The number of rotatable bonds is 5. The summed E-state index contributed by atoms with van der Waals surface area (Å²) in [6.07, 6.45) is 4.50. The third-order valence-corrected chi connectivity index (χ3v) is 3.50. The van der Waals surface area contributed by atoms with Gasteiger partial charge in [-0.1, -0.05) is 38.1 Å². The molecule has 4 heteroatoms. The Labute approximate surface area is 114 Å². The van der Waals surface area contributed by atoms with Crippen molar-refractivity contribution in [1.82, 2.24) is 15.0 Å². The van der Waals surface area contributed by atoms with E-state index in [1.165, 1.54) is 11.1 Å². The number of hydrogen-bond donors (Lipinski definition) is 2. The highest BCUT2D eigenvalue weighted by Gasteiger charge is 2.14. The maximum atomic E-state index is 5.67. The molecule has 4 nitrogen and oxygen atoms in total. The van der Waals surface area contributed by atoms with Gasteiger partial charge in [0.1, 0.15) is 0 Å². The topological polar surface area (TPSA) is 55.9 Å². The number of imidazole rings is 1. The first-order valence-electron chi connectivity index (χ1n) is 6.63. The predicted molar refractivity (Wildman–Crippen MR) is 77.5 cm³/mol. The minimum absolute atomic E-state index is 0.0809. The summed E-state index contributed by atoms with van der Waals surface area (Å²) < 4.78 is 1.99. The van der Waals surface area contributed by atoms with Gasteiger partial charge in [0.15, 0.2) is 0 Å². The summed E-state index contributed by atoms with van der Waals surface area (Å²) >= 11 is 0. The van der Waals surface area contributed by atoms with Crippen molar-refractivity contribution in [3.05, 3.63) is 53.6 Å². The van der Waals surface area contributed by atoms with Crippen LogP contribution in [-0.4, -0.2) is 9.55 Å². The molecule has 0 amide bonds. The standard InChI is InChI=1S/C15H22N4/c1-11(2)13-6-4-12(5-7-13)8-14(18-16)15-9-17-10-19(15)3/h4-7,9-11,14,18H,8,16H2,1-3H3. The number of aromatic nitrogens is 2. The largest absolute Gasteiger partial charge is 0.336 e. The van der Waals surface area contributed by atoms with E-state index in [1.807, 2.05) is 17.8 Å². The molecule has 1 aromatic carbocycles. The van der Waals surface area contributed by atoms with E-state index in [-0.39, 0.29) is 6.04 Å². The van der Waals surface area contributed by atoms with E-state index < -0.39 is 0 Å².